The largest absolute Gasteiger partial charge is 0.339 e. The topological polar surface area (TPSA) is 83.7 Å². The van der Waals surface area contributed by atoms with Gasteiger partial charge >= 0.3 is 0 Å². The van der Waals surface area contributed by atoms with Gasteiger partial charge < -0.3 is 10.6 Å². The van der Waals surface area contributed by atoms with Gasteiger partial charge in [0, 0.05) is 26.2 Å². The van der Waals surface area contributed by atoms with Gasteiger partial charge in [-0.25, -0.2) is 8.42 Å². The van der Waals surface area contributed by atoms with Crippen LogP contribution in [0.15, 0.2) is 29.2 Å². The van der Waals surface area contributed by atoms with Gasteiger partial charge in [-0.15, -0.1) is 0 Å². The maximum Gasteiger partial charge on any atom is 0.255 e. The number of piperidine rings is 2. The lowest BCUT2D eigenvalue weighted by Gasteiger charge is -2.32. The van der Waals surface area contributed by atoms with Crippen LogP contribution in [0.5, 0.6) is 0 Å². The zero-order valence-electron chi connectivity index (χ0n) is 14.6. The molecule has 1 aromatic carbocycles. The summed E-state index contributed by atoms with van der Waals surface area (Å²) in [4.78, 5) is 14.9. The molecule has 0 aliphatic carbocycles. The van der Waals surface area contributed by atoms with E-state index in [0.29, 0.717) is 44.2 Å². The Hall–Kier alpha value is -1.44. The molecule has 25 heavy (non-hydrogen) atoms. The maximum absolute atomic E-state index is 13.0. The van der Waals surface area contributed by atoms with Crippen molar-refractivity contribution in [2.75, 3.05) is 32.7 Å². The van der Waals surface area contributed by atoms with Gasteiger partial charge in [0.1, 0.15) is 0 Å². The molecule has 138 valence electrons. The van der Waals surface area contributed by atoms with E-state index >= 15 is 0 Å². The maximum atomic E-state index is 13.0. The summed E-state index contributed by atoms with van der Waals surface area (Å²) in [5, 5.41) is 0. The van der Waals surface area contributed by atoms with Gasteiger partial charge in [-0.2, -0.15) is 4.31 Å². The average molecular weight is 365 g/mol. The Morgan fingerprint density at radius 2 is 1.68 bits per heavy atom. The lowest BCUT2D eigenvalue weighted by atomic mass is 9.96. The zero-order valence-corrected chi connectivity index (χ0v) is 15.4. The van der Waals surface area contributed by atoms with Crippen molar-refractivity contribution >= 4 is 15.9 Å². The molecule has 6 nitrogen and oxygen atoms in total. The smallest absolute Gasteiger partial charge is 0.255 e. The number of rotatable bonds is 4. The number of hydrogen-bond donors (Lipinski definition) is 1. The Kier molecular flexibility index (Phi) is 5.76. The highest BCUT2D eigenvalue weighted by atomic mass is 32.2. The van der Waals surface area contributed by atoms with E-state index in [2.05, 4.69) is 0 Å². The van der Waals surface area contributed by atoms with Crippen molar-refractivity contribution in [3.8, 4) is 0 Å². The SMILES string of the molecule is NCC1CCN(C(=O)c2ccccc2S(=O)(=O)N2CCCCC2)CC1. The van der Waals surface area contributed by atoms with Crippen molar-refractivity contribution in [3.63, 3.8) is 0 Å². The van der Waals surface area contributed by atoms with E-state index in [0.717, 1.165) is 32.1 Å². The molecule has 0 unspecified atom stereocenters. The van der Waals surface area contributed by atoms with Crippen molar-refractivity contribution in [3.05, 3.63) is 29.8 Å². The molecule has 0 saturated carbocycles. The van der Waals surface area contributed by atoms with Gasteiger partial charge in [0.2, 0.25) is 10.0 Å². The molecule has 3 rings (SSSR count). The molecule has 2 aliphatic heterocycles. The molecule has 0 spiro atoms. The quantitative estimate of drug-likeness (QED) is 0.880. The summed E-state index contributed by atoms with van der Waals surface area (Å²) in [6.45, 7) is 2.99. The first-order chi connectivity index (χ1) is 12.0. The number of sulfonamides is 1. The van der Waals surface area contributed by atoms with Crippen LogP contribution in [0.2, 0.25) is 0 Å². The molecule has 7 heteroatoms. The van der Waals surface area contributed by atoms with Gasteiger partial charge in [-0.3, -0.25) is 4.79 Å². The summed E-state index contributed by atoms with van der Waals surface area (Å²) in [7, 11) is -3.63. The monoisotopic (exact) mass is 365 g/mol. The van der Waals surface area contributed by atoms with Crippen LogP contribution < -0.4 is 5.73 Å². The van der Waals surface area contributed by atoms with E-state index in [1.807, 2.05) is 0 Å². The molecule has 2 aliphatic rings. The number of hydrogen-bond acceptors (Lipinski definition) is 4. The second-order valence-corrected chi connectivity index (χ2v) is 8.84. The molecule has 2 saturated heterocycles. The van der Waals surface area contributed by atoms with Gasteiger partial charge in [-0.1, -0.05) is 18.6 Å². The predicted octanol–water partition coefficient (Wildman–Crippen LogP) is 1.67. The van der Waals surface area contributed by atoms with Crippen molar-refractivity contribution < 1.29 is 13.2 Å². The number of carbonyl (C=O) groups excluding carboxylic acids is 1. The third-order valence-corrected chi connectivity index (χ3v) is 7.24. The molecular weight excluding hydrogens is 338 g/mol. The first-order valence-electron chi connectivity index (χ1n) is 9.12. The van der Waals surface area contributed by atoms with Crippen molar-refractivity contribution in [2.24, 2.45) is 11.7 Å². The molecular formula is C18H27N3O3S. The molecule has 0 radical (unpaired) electrons. The summed E-state index contributed by atoms with van der Waals surface area (Å²) in [5.41, 5.74) is 6.00. The first kappa shape index (κ1) is 18.4. The van der Waals surface area contributed by atoms with Crippen molar-refractivity contribution in [2.45, 2.75) is 37.0 Å². The van der Waals surface area contributed by atoms with Crippen LogP contribution in [0.3, 0.4) is 0 Å². The van der Waals surface area contributed by atoms with Crippen LogP contribution in [0, 0.1) is 5.92 Å². The fraction of sp³-hybridized carbons (Fsp3) is 0.611. The molecule has 0 atom stereocenters. The minimum absolute atomic E-state index is 0.142. The van der Waals surface area contributed by atoms with Gasteiger partial charge in [-0.05, 0) is 50.3 Å². The molecule has 2 N–H and O–H groups in total. The second kappa shape index (κ2) is 7.85. The normalized spacial score (nSPS) is 20.6. The van der Waals surface area contributed by atoms with Crippen LogP contribution in [0.25, 0.3) is 0 Å². The number of amides is 1. The third-order valence-electron chi connectivity index (χ3n) is 5.29. The van der Waals surface area contributed by atoms with E-state index in [9.17, 15) is 13.2 Å². The Morgan fingerprint density at radius 1 is 1.04 bits per heavy atom. The molecule has 0 aromatic heterocycles. The average Bonchev–Trinajstić information content (AvgIpc) is 2.68. The van der Waals surface area contributed by atoms with Crippen molar-refractivity contribution in [1.82, 2.24) is 9.21 Å². The Morgan fingerprint density at radius 3 is 2.32 bits per heavy atom. The number of nitrogens with two attached hydrogens (primary N) is 1. The first-order valence-corrected chi connectivity index (χ1v) is 10.6. The van der Waals surface area contributed by atoms with Gasteiger partial charge in [0.15, 0.2) is 0 Å². The standard InChI is InChI=1S/C18H27N3O3S/c19-14-15-8-12-20(13-9-15)18(22)16-6-2-3-7-17(16)25(23,24)21-10-4-1-5-11-21/h2-3,6-7,15H,1,4-5,8-14,19H2. The van der Waals surface area contributed by atoms with Gasteiger partial charge in [0.25, 0.3) is 5.91 Å². The Balaban J connectivity index is 1.84. The van der Waals surface area contributed by atoms with Crippen LogP contribution in [-0.2, 0) is 10.0 Å². The highest BCUT2D eigenvalue weighted by Crippen LogP contribution is 2.26. The number of likely N-dealkylation sites (tertiary alicyclic amines) is 1. The fourth-order valence-electron chi connectivity index (χ4n) is 3.65. The number of carbonyl (C=O) groups is 1. The van der Waals surface area contributed by atoms with Crippen LogP contribution in [0.1, 0.15) is 42.5 Å². The lowest BCUT2D eigenvalue weighted by Crippen LogP contribution is -2.41. The minimum atomic E-state index is -3.63. The van der Waals surface area contributed by atoms with E-state index in [4.69, 9.17) is 5.73 Å². The van der Waals surface area contributed by atoms with E-state index in [1.54, 1.807) is 29.2 Å². The summed E-state index contributed by atoms with van der Waals surface area (Å²) >= 11 is 0. The molecule has 2 heterocycles. The van der Waals surface area contributed by atoms with Crippen LogP contribution in [0.4, 0.5) is 0 Å². The summed E-state index contributed by atoms with van der Waals surface area (Å²) < 4.78 is 27.6. The predicted molar refractivity (Wildman–Crippen MR) is 96.7 cm³/mol. The summed E-state index contributed by atoms with van der Waals surface area (Å²) in [6, 6.07) is 6.61. The third kappa shape index (κ3) is 3.88. The Labute approximate surface area is 150 Å². The van der Waals surface area contributed by atoms with Crippen LogP contribution >= 0.6 is 0 Å². The van der Waals surface area contributed by atoms with E-state index < -0.39 is 10.0 Å². The summed E-state index contributed by atoms with van der Waals surface area (Å²) in [5.74, 6) is 0.267. The summed E-state index contributed by atoms with van der Waals surface area (Å²) in [6.07, 6.45) is 4.57. The Bertz CT molecular complexity index is 706. The number of benzene rings is 1. The minimum Gasteiger partial charge on any atom is -0.339 e. The zero-order chi connectivity index (χ0) is 17.9. The van der Waals surface area contributed by atoms with E-state index in [1.165, 1.54) is 4.31 Å². The molecule has 0 bridgehead atoms. The van der Waals surface area contributed by atoms with Crippen LogP contribution in [-0.4, -0.2) is 56.3 Å². The number of nitrogens with zero attached hydrogens (tertiary/aromatic N) is 2. The fourth-order valence-corrected chi connectivity index (χ4v) is 5.36. The lowest BCUT2D eigenvalue weighted by molar-refractivity contribution is 0.0689. The molecule has 1 amide bonds. The second-order valence-electron chi connectivity index (χ2n) is 6.93. The molecule has 1 aromatic rings. The molecule has 2 fully saturated rings. The van der Waals surface area contributed by atoms with E-state index in [-0.39, 0.29) is 10.8 Å². The highest BCUT2D eigenvalue weighted by Gasteiger charge is 2.32. The van der Waals surface area contributed by atoms with Crippen molar-refractivity contribution in [1.29, 1.82) is 0 Å². The highest BCUT2D eigenvalue weighted by molar-refractivity contribution is 7.89. The van der Waals surface area contributed by atoms with Gasteiger partial charge in [0.05, 0.1) is 10.5 Å².